The fourth-order valence-corrected chi connectivity index (χ4v) is 7.06. The topological polar surface area (TPSA) is 44.5 Å². The zero-order chi connectivity index (χ0) is 31.3. The van der Waals surface area contributed by atoms with Crippen LogP contribution in [-0.4, -0.2) is 37.4 Å². The standard InChI is InChI=1S/C38H73NO2S2/c1-4-6-8-9-10-11-12-13-14-15-16-17-18-20-24-27-33-41-38(36-43-42-34-28-31-39)35-40-32-26-23-21-19-22-25-30-37(3)29-7-5-2/h10-11,13-14,28,31,37-38H,4-9,12,15-27,29-30,32-36,39H2,1-3H3/b11-10-,14-13-,31-28+. The highest BCUT2D eigenvalue weighted by molar-refractivity contribution is 8.76. The van der Waals surface area contributed by atoms with Gasteiger partial charge in [0, 0.05) is 24.7 Å². The van der Waals surface area contributed by atoms with Gasteiger partial charge in [-0.15, -0.1) is 0 Å². The molecule has 0 fully saturated rings. The van der Waals surface area contributed by atoms with Crippen LogP contribution in [0.25, 0.3) is 0 Å². The van der Waals surface area contributed by atoms with Gasteiger partial charge in [-0.25, -0.2) is 0 Å². The van der Waals surface area contributed by atoms with Gasteiger partial charge in [-0.2, -0.15) is 0 Å². The van der Waals surface area contributed by atoms with Crippen molar-refractivity contribution >= 4 is 21.6 Å². The molecule has 2 atom stereocenters. The molecule has 0 aliphatic heterocycles. The van der Waals surface area contributed by atoms with Crippen LogP contribution in [0.2, 0.25) is 0 Å². The molecule has 5 heteroatoms. The third-order valence-corrected chi connectivity index (χ3v) is 10.2. The first-order chi connectivity index (χ1) is 21.2. The Balaban J connectivity index is 3.80. The summed E-state index contributed by atoms with van der Waals surface area (Å²) in [4.78, 5) is 0. The molecule has 0 aromatic rings. The first kappa shape index (κ1) is 42.6. The summed E-state index contributed by atoms with van der Waals surface area (Å²) in [6.07, 6.45) is 42.1. The van der Waals surface area contributed by atoms with Gasteiger partial charge in [-0.1, -0.05) is 169 Å². The second kappa shape index (κ2) is 37.8. The molecule has 0 amide bonds. The Kier molecular flexibility index (Phi) is 37.5. The maximum absolute atomic E-state index is 6.27. The van der Waals surface area contributed by atoms with E-state index in [1.165, 1.54) is 128 Å². The van der Waals surface area contributed by atoms with Gasteiger partial charge in [0.2, 0.25) is 0 Å². The van der Waals surface area contributed by atoms with E-state index in [-0.39, 0.29) is 6.10 Å². The van der Waals surface area contributed by atoms with E-state index in [1.807, 2.05) is 27.7 Å². The molecule has 3 nitrogen and oxygen atoms in total. The minimum atomic E-state index is 0.187. The van der Waals surface area contributed by atoms with Crippen LogP contribution in [0, 0.1) is 5.92 Å². The number of ether oxygens (including phenoxy) is 2. The smallest absolute Gasteiger partial charge is 0.0906 e. The van der Waals surface area contributed by atoms with Crippen molar-refractivity contribution in [3.8, 4) is 0 Å². The molecule has 0 rings (SSSR count). The third-order valence-electron chi connectivity index (χ3n) is 7.93. The van der Waals surface area contributed by atoms with Crippen LogP contribution in [0.1, 0.15) is 162 Å². The normalized spacial score (nSPS) is 13.7. The molecule has 0 saturated heterocycles. The van der Waals surface area contributed by atoms with Gasteiger partial charge >= 0.3 is 0 Å². The quantitative estimate of drug-likeness (QED) is 0.0424. The van der Waals surface area contributed by atoms with E-state index in [4.69, 9.17) is 15.2 Å². The molecule has 0 bridgehead atoms. The Morgan fingerprint density at radius 2 is 1.19 bits per heavy atom. The summed E-state index contributed by atoms with van der Waals surface area (Å²) in [5.74, 6) is 2.83. The lowest BCUT2D eigenvalue weighted by molar-refractivity contribution is -0.00609. The maximum Gasteiger partial charge on any atom is 0.0906 e. The summed E-state index contributed by atoms with van der Waals surface area (Å²) in [6.45, 7) is 9.43. The van der Waals surface area contributed by atoms with Gasteiger partial charge in [0.05, 0.1) is 12.7 Å². The van der Waals surface area contributed by atoms with Gasteiger partial charge in [0.1, 0.15) is 0 Å². The molecule has 43 heavy (non-hydrogen) atoms. The number of hydrogen-bond donors (Lipinski definition) is 1. The molecule has 0 spiro atoms. The number of unbranched alkanes of at least 4 members (excludes halogenated alkanes) is 15. The third kappa shape index (κ3) is 36.0. The van der Waals surface area contributed by atoms with Crippen molar-refractivity contribution in [2.24, 2.45) is 11.7 Å². The molecule has 0 aromatic heterocycles. The monoisotopic (exact) mass is 640 g/mol. The average molecular weight is 640 g/mol. The average Bonchev–Trinajstić information content (AvgIpc) is 3.01. The molecule has 0 aromatic carbocycles. The predicted molar refractivity (Wildman–Crippen MR) is 199 cm³/mol. The number of allylic oxidation sites excluding steroid dienone is 4. The fraction of sp³-hybridized carbons (Fsp3) is 0.842. The molecule has 0 saturated carbocycles. The van der Waals surface area contributed by atoms with Crippen LogP contribution in [-0.2, 0) is 9.47 Å². The molecule has 2 unspecified atom stereocenters. The molecule has 0 aliphatic rings. The summed E-state index contributed by atoms with van der Waals surface area (Å²) in [6, 6.07) is 0. The fourth-order valence-electron chi connectivity index (χ4n) is 5.07. The van der Waals surface area contributed by atoms with Crippen LogP contribution < -0.4 is 5.73 Å². The summed E-state index contributed by atoms with van der Waals surface area (Å²) in [5, 5.41) is 0. The Morgan fingerprint density at radius 3 is 1.86 bits per heavy atom. The van der Waals surface area contributed by atoms with Crippen LogP contribution in [0.15, 0.2) is 36.6 Å². The number of nitrogens with two attached hydrogens (primary N) is 1. The van der Waals surface area contributed by atoms with Gasteiger partial charge < -0.3 is 15.2 Å². The van der Waals surface area contributed by atoms with E-state index in [9.17, 15) is 0 Å². The molecular formula is C38H73NO2S2. The highest BCUT2D eigenvalue weighted by Crippen LogP contribution is 2.23. The maximum atomic E-state index is 6.27. The Bertz CT molecular complexity index is 611. The van der Waals surface area contributed by atoms with Crippen molar-refractivity contribution in [2.45, 2.75) is 168 Å². The lowest BCUT2D eigenvalue weighted by Crippen LogP contribution is -2.23. The minimum absolute atomic E-state index is 0.187. The molecular weight excluding hydrogens is 567 g/mol. The largest absolute Gasteiger partial charge is 0.405 e. The lowest BCUT2D eigenvalue weighted by atomic mass is 9.97. The molecule has 2 N–H and O–H groups in total. The van der Waals surface area contributed by atoms with Crippen LogP contribution in [0.4, 0.5) is 0 Å². The number of rotatable bonds is 35. The zero-order valence-electron chi connectivity index (χ0n) is 28.9. The Labute approximate surface area is 277 Å². The summed E-state index contributed by atoms with van der Waals surface area (Å²) >= 11 is 0. The lowest BCUT2D eigenvalue weighted by Gasteiger charge is -2.17. The minimum Gasteiger partial charge on any atom is -0.405 e. The van der Waals surface area contributed by atoms with Crippen molar-refractivity contribution in [3.05, 3.63) is 36.6 Å². The summed E-state index contributed by atoms with van der Waals surface area (Å²) in [5.41, 5.74) is 5.46. The van der Waals surface area contributed by atoms with Crippen molar-refractivity contribution in [1.29, 1.82) is 0 Å². The van der Waals surface area contributed by atoms with Crippen molar-refractivity contribution in [1.82, 2.24) is 0 Å². The van der Waals surface area contributed by atoms with Crippen LogP contribution in [0.5, 0.6) is 0 Å². The van der Waals surface area contributed by atoms with E-state index in [1.54, 1.807) is 6.20 Å². The predicted octanol–water partition coefficient (Wildman–Crippen LogP) is 12.6. The first-order valence-corrected chi connectivity index (χ1v) is 20.8. The van der Waals surface area contributed by atoms with Crippen molar-refractivity contribution < 1.29 is 9.47 Å². The molecule has 0 heterocycles. The van der Waals surface area contributed by atoms with E-state index < -0.39 is 0 Å². The first-order valence-electron chi connectivity index (χ1n) is 18.3. The SMILES string of the molecule is CCCCC/C=C\C/C=C\CCCCCCCCOC(COCCCCCCCCC(C)CCCC)CSSC/C=C/N. The molecule has 0 radical (unpaired) electrons. The van der Waals surface area contributed by atoms with E-state index in [0.29, 0.717) is 0 Å². The van der Waals surface area contributed by atoms with Crippen molar-refractivity contribution in [3.63, 3.8) is 0 Å². The Morgan fingerprint density at radius 1 is 0.605 bits per heavy atom. The van der Waals surface area contributed by atoms with E-state index in [2.05, 4.69) is 45.1 Å². The van der Waals surface area contributed by atoms with Gasteiger partial charge in [-0.3, -0.25) is 0 Å². The van der Waals surface area contributed by atoms with Gasteiger partial charge in [0.25, 0.3) is 0 Å². The number of hydrogen-bond acceptors (Lipinski definition) is 5. The van der Waals surface area contributed by atoms with E-state index in [0.717, 1.165) is 50.1 Å². The highest BCUT2D eigenvalue weighted by atomic mass is 33.1. The second-order valence-corrected chi connectivity index (χ2v) is 14.9. The van der Waals surface area contributed by atoms with Gasteiger partial charge in [-0.05, 0) is 57.1 Å². The van der Waals surface area contributed by atoms with E-state index >= 15 is 0 Å². The highest BCUT2D eigenvalue weighted by Gasteiger charge is 2.10. The second-order valence-electron chi connectivity index (χ2n) is 12.3. The Hall–Kier alpha value is -0.360. The summed E-state index contributed by atoms with van der Waals surface area (Å²) < 4.78 is 12.3. The molecule has 254 valence electrons. The van der Waals surface area contributed by atoms with Crippen molar-refractivity contribution in [2.75, 3.05) is 31.3 Å². The van der Waals surface area contributed by atoms with Crippen LogP contribution in [0.3, 0.4) is 0 Å². The van der Waals surface area contributed by atoms with Crippen LogP contribution >= 0.6 is 21.6 Å². The van der Waals surface area contributed by atoms with Gasteiger partial charge in [0.15, 0.2) is 0 Å². The summed E-state index contributed by atoms with van der Waals surface area (Å²) in [7, 11) is 3.71. The zero-order valence-corrected chi connectivity index (χ0v) is 30.6. The molecule has 0 aliphatic carbocycles.